The van der Waals surface area contributed by atoms with Crippen molar-refractivity contribution in [1.82, 2.24) is 14.4 Å². The number of methoxy groups -OCH3 is 1. The largest absolute Gasteiger partial charge is 0.497 e. The SMILES string of the molecule is COc1cccc(CCC(=O)N2CCN(CC(=O)c3cc(C)n(C(C)C)c3C)CC2)c1. The minimum atomic E-state index is 0.165. The number of aryl methyl sites for hydroxylation is 2. The second-order valence-corrected chi connectivity index (χ2v) is 8.68. The molecule has 0 saturated carbocycles. The second kappa shape index (κ2) is 10.1. The number of piperazine rings is 1. The van der Waals surface area contributed by atoms with Crippen molar-refractivity contribution in [1.29, 1.82) is 0 Å². The van der Waals surface area contributed by atoms with Crippen LogP contribution in [-0.2, 0) is 11.2 Å². The maximum atomic E-state index is 12.9. The summed E-state index contributed by atoms with van der Waals surface area (Å²) in [4.78, 5) is 29.6. The minimum absolute atomic E-state index is 0.165. The molecule has 1 fully saturated rings. The monoisotopic (exact) mass is 425 g/mol. The van der Waals surface area contributed by atoms with Crippen LogP contribution in [0.1, 0.15) is 53.6 Å². The molecular weight excluding hydrogens is 390 g/mol. The second-order valence-electron chi connectivity index (χ2n) is 8.68. The summed E-state index contributed by atoms with van der Waals surface area (Å²) < 4.78 is 7.46. The number of nitrogens with zero attached hydrogens (tertiary/aromatic N) is 3. The van der Waals surface area contributed by atoms with Crippen LogP contribution in [0.2, 0.25) is 0 Å². The van der Waals surface area contributed by atoms with E-state index in [2.05, 4.69) is 30.2 Å². The molecule has 1 amide bonds. The molecule has 0 spiro atoms. The molecule has 6 heteroatoms. The molecule has 0 radical (unpaired) electrons. The third-order valence-corrected chi connectivity index (χ3v) is 6.16. The van der Waals surface area contributed by atoms with Crippen LogP contribution in [0.5, 0.6) is 5.75 Å². The van der Waals surface area contributed by atoms with E-state index in [0.29, 0.717) is 38.5 Å². The van der Waals surface area contributed by atoms with Gasteiger partial charge in [0.2, 0.25) is 5.91 Å². The minimum Gasteiger partial charge on any atom is -0.497 e. The number of ketones is 1. The lowest BCUT2D eigenvalue weighted by Crippen LogP contribution is -2.50. The summed E-state index contributed by atoms with van der Waals surface area (Å²) in [5.74, 6) is 1.16. The van der Waals surface area contributed by atoms with Crippen molar-refractivity contribution in [3.8, 4) is 5.75 Å². The average Bonchev–Trinajstić information content (AvgIpc) is 3.06. The molecule has 1 aromatic carbocycles. The lowest BCUT2D eigenvalue weighted by molar-refractivity contribution is -0.132. The van der Waals surface area contributed by atoms with Gasteiger partial charge in [0.25, 0.3) is 0 Å². The Morgan fingerprint density at radius 3 is 2.39 bits per heavy atom. The number of amides is 1. The molecular formula is C25H35N3O3. The number of Topliss-reactive ketones (excluding diaryl/α,β-unsaturated/α-hetero) is 1. The van der Waals surface area contributed by atoms with Gasteiger partial charge < -0.3 is 14.2 Å². The molecule has 0 bridgehead atoms. The number of aromatic nitrogens is 1. The van der Waals surface area contributed by atoms with Gasteiger partial charge in [-0.25, -0.2) is 0 Å². The van der Waals surface area contributed by atoms with Gasteiger partial charge >= 0.3 is 0 Å². The Morgan fingerprint density at radius 2 is 1.77 bits per heavy atom. The summed E-state index contributed by atoms with van der Waals surface area (Å²) in [7, 11) is 1.65. The van der Waals surface area contributed by atoms with E-state index in [1.54, 1.807) is 7.11 Å². The van der Waals surface area contributed by atoms with E-state index < -0.39 is 0 Å². The summed E-state index contributed by atoms with van der Waals surface area (Å²) in [5.41, 5.74) is 4.10. The van der Waals surface area contributed by atoms with E-state index in [1.807, 2.05) is 42.2 Å². The van der Waals surface area contributed by atoms with Crippen molar-refractivity contribution in [3.63, 3.8) is 0 Å². The fourth-order valence-corrected chi connectivity index (χ4v) is 4.54. The molecule has 1 aromatic heterocycles. The molecule has 6 nitrogen and oxygen atoms in total. The molecule has 0 atom stereocenters. The molecule has 0 aliphatic carbocycles. The molecule has 3 rings (SSSR count). The summed E-state index contributed by atoms with van der Waals surface area (Å²) in [6.45, 7) is 11.6. The van der Waals surface area contributed by atoms with Crippen LogP contribution in [0.4, 0.5) is 0 Å². The van der Waals surface area contributed by atoms with Crippen LogP contribution >= 0.6 is 0 Å². The van der Waals surface area contributed by atoms with Gasteiger partial charge in [-0.2, -0.15) is 0 Å². The molecule has 1 saturated heterocycles. The molecule has 0 N–H and O–H groups in total. The molecule has 0 unspecified atom stereocenters. The van der Waals surface area contributed by atoms with Crippen molar-refractivity contribution < 1.29 is 14.3 Å². The van der Waals surface area contributed by atoms with E-state index in [-0.39, 0.29) is 11.7 Å². The van der Waals surface area contributed by atoms with Gasteiger partial charge in [-0.1, -0.05) is 12.1 Å². The van der Waals surface area contributed by atoms with E-state index in [4.69, 9.17) is 4.74 Å². The molecule has 1 aliphatic rings. The van der Waals surface area contributed by atoms with Crippen LogP contribution in [0.15, 0.2) is 30.3 Å². The first-order valence-electron chi connectivity index (χ1n) is 11.1. The van der Waals surface area contributed by atoms with Crippen molar-refractivity contribution in [2.75, 3.05) is 39.8 Å². The van der Waals surface area contributed by atoms with Crippen LogP contribution < -0.4 is 4.74 Å². The Kier molecular flexibility index (Phi) is 7.55. The fraction of sp³-hybridized carbons (Fsp3) is 0.520. The molecule has 2 aromatic rings. The van der Waals surface area contributed by atoms with Crippen LogP contribution in [0.25, 0.3) is 0 Å². The predicted octanol–water partition coefficient (Wildman–Crippen LogP) is 3.65. The van der Waals surface area contributed by atoms with Gasteiger partial charge in [0, 0.05) is 55.6 Å². The van der Waals surface area contributed by atoms with Crippen molar-refractivity contribution in [2.24, 2.45) is 0 Å². The van der Waals surface area contributed by atoms with Crippen LogP contribution in [0.3, 0.4) is 0 Å². The van der Waals surface area contributed by atoms with Gasteiger partial charge in [0.05, 0.1) is 13.7 Å². The van der Waals surface area contributed by atoms with Gasteiger partial charge in [-0.15, -0.1) is 0 Å². The fourth-order valence-electron chi connectivity index (χ4n) is 4.54. The highest BCUT2D eigenvalue weighted by Gasteiger charge is 2.24. The maximum absolute atomic E-state index is 12.9. The van der Waals surface area contributed by atoms with Gasteiger partial charge in [-0.05, 0) is 57.9 Å². The highest BCUT2D eigenvalue weighted by atomic mass is 16.5. The van der Waals surface area contributed by atoms with E-state index in [0.717, 1.165) is 41.4 Å². The Balaban J connectivity index is 1.48. The zero-order valence-corrected chi connectivity index (χ0v) is 19.5. The zero-order chi connectivity index (χ0) is 22.5. The van der Waals surface area contributed by atoms with Crippen LogP contribution in [0, 0.1) is 13.8 Å². The standard InChI is InChI=1S/C25H35N3O3/c1-18(2)28-19(3)15-23(20(28)4)24(29)17-26-11-13-27(14-12-26)25(30)10-9-21-7-6-8-22(16-21)31-5/h6-8,15-16,18H,9-14,17H2,1-5H3. The maximum Gasteiger partial charge on any atom is 0.222 e. The lowest BCUT2D eigenvalue weighted by atomic mass is 10.1. The summed E-state index contributed by atoms with van der Waals surface area (Å²) >= 11 is 0. The van der Waals surface area contributed by atoms with Gasteiger partial charge in [0.15, 0.2) is 5.78 Å². The van der Waals surface area contributed by atoms with E-state index in [9.17, 15) is 9.59 Å². The van der Waals surface area contributed by atoms with E-state index in [1.165, 1.54) is 0 Å². The number of benzene rings is 1. The number of hydrogen-bond acceptors (Lipinski definition) is 4. The Bertz CT molecular complexity index is 924. The number of ether oxygens (including phenoxy) is 1. The van der Waals surface area contributed by atoms with E-state index >= 15 is 0 Å². The van der Waals surface area contributed by atoms with Crippen LogP contribution in [-0.4, -0.2) is 65.9 Å². The third kappa shape index (κ3) is 5.56. The number of hydrogen-bond donors (Lipinski definition) is 0. The topological polar surface area (TPSA) is 54.8 Å². The quantitative estimate of drug-likeness (QED) is 0.606. The highest BCUT2D eigenvalue weighted by molar-refractivity contribution is 5.99. The van der Waals surface area contributed by atoms with Crippen molar-refractivity contribution in [2.45, 2.75) is 46.6 Å². The summed E-state index contributed by atoms with van der Waals surface area (Å²) in [5, 5.41) is 0. The third-order valence-electron chi connectivity index (χ3n) is 6.16. The van der Waals surface area contributed by atoms with Crippen molar-refractivity contribution in [3.05, 3.63) is 52.8 Å². The normalized spacial score (nSPS) is 14.8. The number of rotatable bonds is 8. The molecule has 1 aliphatic heterocycles. The Morgan fingerprint density at radius 1 is 1.06 bits per heavy atom. The lowest BCUT2D eigenvalue weighted by Gasteiger charge is -2.34. The Hall–Kier alpha value is -2.60. The van der Waals surface area contributed by atoms with Gasteiger partial charge in [0.1, 0.15) is 5.75 Å². The van der Waals surface area contributed by atoms with Crippen molar-refractivity contribution >= 4 is 11.7 Å². The number of carbonyl (C=O) groups is 2. The number of carbonyl (C=O) groups excluding carboxylic acids is 2. The molecule has 2 heterocycles. The van der Waals surface area contributed by atoms with Gasteiger partial charge in [-0.3, -0.25) is 14.5 Å². The smallest absolute Gasteiger partial charge is 0.222 e. The summed E-state index contributed by atoms with van der Waals surface area (Å²) in [6, 6.07) is 10.2. The first-order chi connectivity index (χ1) is 14.8. The Labute approximate surface area is 185 Å². The predicted molar refractivity (Wildman–Crippen MR) is 123 cm³/mol. The summed E-state index contributed by atoms with van der Waals surface area (Å²) in [6.07, 6.45) is 1.20. The first kappa shape index (κ1) is 23.1. The first-order valence-corrected chi connectivity index (χ1v) is 11.1. The highest BCUT2D eigenvalue weighted by Crippen LogP contribution is 2.21. The zero-order valence-electron chi connectivity index (χ0n) is 19.5. The average molecular weight is 426 g/mol. The molecule has 168 valence electrons. The molecule has 31 heavy (non-hydrogen) atoms.